The van der Waals surface area contributed by atoms with Gasteiger partial charge in [-0.05, 0) is 37.4 Å². The fourth-order valence-electron chi connectivity index (χ4n) is 4.25. The number of halogens is 3. The molecule has 1 amide bonds. The maximum absolute atomic E-state index is 12.9. The van der Waals surface area contributed by atoms with Crippen LogP contribution >= 0.6 is 0 Å². The number of aromatic nitrogens is 3. The molecule has 0 bridgehead atoms. The topological polar surface area (TPSA) is 71.3 Å². The van der Waals surface area contributed by atoms with Crippen LogP contribution < -0.4 is 10.6 Å². The first-order chi connectivity index (χ1) is 12.4. The fourth-order valence-corrected chi connectivity index (χ4v) is 4.25. The van der Waals surface area contributed by atoms with Crippen LogP contribution in [-0.2, 0) is 17.5 Å². The Balaban J connectivity index is 1.53. The van der Waals surface area contributed by atoms with Crippen LogP contribution in [0.3, 0.4) is 0 Å². The first-order valence-corrected chi connectivity index (χ1v) is 8.80. The molecule has 1 saturated heterocycles. The molecular formula is C17H20F3N5O. The largest absolute Gasteiger partial charge is 0.417 e. The molecular weight excluding hydrogens is 347 g/mol. The molecule has 0 radical (unpaired) electrons. The second-order valence-electron chi connectivity index (χ2n) is 7.17. The van der Waals surface area contributed by atoms with Crippen LogP contribution in [0.25, 0.3) is 5.65 Å². The number of fused-ring (bicyclic) bond motifs is 2. The number of amides is 1. The van der Waals surface area contributed by atoms with Crippen molar-refractivity contribution < 1.29 is 18.0 Å². The molecule has 0 aromatic carbocycles. The Kier molecular flexibility index (Phi) is 4.13. The predicted molar refractivity (Wildman–Crippen MR) is 87.1 cm³/mol. The Morgan fingerprint density at radius 3 is 3.00 bits per heavy atom. The van der Waals surface area contributed by atoms with E-state index in [2.05, 4.69) is 20.8 Å². The molecule has 140 valence electrons. The first kappa shape index (κ1) is 17.3. The average Bonchev–Trinajstić information content (AvgIpc) is 3.23. The Morgan fingerprint density at radius 2 is 2.19 bits per heavy atom. The fraction of sp³-hybridized carbons (Fsp3) is 0.588. The van der Waals surface area contributed by atoms with Crippen molar-refractivity contribution in [3.05, 3.63) is 29.7 Å². The molecule has 2 fully saturated rings. The minimum Gasteiger partial charge on any atom is -0.348 e. The third-order valence-corrected chi connectivity index (χ3v) is 5.70. The number of rotatable bonds is 3. The van der Waals surface area contributed by atoms with E-state index in [9.17, 15) is 18.0 Å². The normalized spacial score (nSPS) is 26.0. The van der Waals surface area contributed by atoms with Gasteiger partial charge in [0.15, 0.2) is 11.5 Å². The summed E-state index contributed by atoms with van der Waals surface area (Å²) in [5.74, 6) is 0.563. The van der Waals surface area contributed by atoms with Gasteiger partial charge in [0.25, 0.3) is 0 Å². The maximum atomic E-state index is 12.9. The molecule has 9 heteroatoms. The van der Waals surface area contributed by atoms with Crippen molar-refractivity contribution in [1.82, 2.24) is 25.2 Å². The van der Waals surface area contributed by atoms with E-state index in [1.165, 1.54) is 10.5 Å². The highest BCUT2D eigenvalue weighted by molar-refractivity contribution is 5.83. The summed E-state index contributed by atoms with van der Waals surface area (Å²) < 4.78 is 40.1. The van der Waals surface area contributed by atoms with E-state index >= 15 is 0 Å². The molecule has 1 aliphatic heterocycles. The minimum absolute atomic E-state index is 0.0454. The van der Waals surface area contributed by atoms with E-state index in [-0.39, 0.29) is 18.3 Å². The number of carbonyl (C=O) groups is 1. The van der Waals surface area contributed by atoms with E-state index in [1.54, 1.807) is 0 Å². The summed E-state index contributed by atoms with van der Waals surface area (Å²) in [5.41, 5.74) is -0.864. The molecule has 1 aliphatic carbocycles. The lowest BCUT2D eigenvalue weighted by Crippen LogP contribution is -2.47. The minimum atomic E-state index is -4.44. The Bertz CT molecular complexity index is 833. The van der Waals surface area contributed by atoms with Gasteiger partial charge in [0.1, 0.15) is 0 Å². The van der Waals surface area contributed by atoms with Crippen LogP contribution in [-0.4, -0.2) is 33.6 Å². The predicted octanol–water partition coefficient (Wildman–Crippen LogP) is 2.14. The number of alkyl halides is 3. The SMILES string of the molecule is O=C(NCc1nnc2ccc(C(F)(F)F)cn12)[C@@]12CCCC[C@H]1CNC2. The van der Waals surface area contributed by atoms with E-state index in [0.29, 0.717) is 18.1 Å². The number of pyridine rings is 1. The van der Waals surface area contributed by atoms with E-state index in [0.717, 1.165) is 44.5 Å². The van der Waals surface area contributed by atoms with Gasteiger partial charge in [0, 0.05) is 12.7 Å². The lowest BCUT2D eigenvalue weighted by atomic mass is 9.67. The zero-order valence-electron chi connectivity index (χ0n) is 14.1. The van der Waals surface area contributed by atoms with Gasteiger partial charge >= 0.3 is 6.18 Å². The highest BCUT2D eigenvalue weighted by Crippen LogP contribution is 2.43. The molecule has 4 rings (SSSR count). The Labute approximate surface area is 148 Å². The van der Waals surface area contributed by atoms with Gasteiger partial charge in [-0.1, -0.05) is 12.8 Å². The molecule has 3 heterocycles. The second-order valence-corrected chi connectivity index (χ2v) is 7.17. The quantitative estimate of drug-likeness (QED) is 0.872. The van der Waals surface area contributed by atoms with Crippen LogP contribution in [0.15, 0.2) is 18.3 Å². The molecule has 0 spiro atoms. The van der Waals surface area contributed by atoms with Crippen molar-refractivity contribution in [3.8, 4) is 0 Å². The van der Waals surface area contributed by atoms with Gasteiger partial charge in [0.05, 0.1) is 17.5 Å². The molecule has 0 unspecified atom stereocenters. The van der Waals surface area contributed by atoms with Gasteiger partial charge < -0.3 is 10.6 Å². The van der Waals surface area contributed by atoms with Gasteiger partial charge in [-0.15, -0.1) is 10.2 Å². The summed E-state index contributed by atoms with van der Waals surface area (Å²) in [6, 6.07) is 2.25. The molecule has 2 aromatic rings. The van der Waals surface area contributed by atoms with Crippen molar-refractivity contribution in [2.75, 3.05) is 13.1 Å². The highest BCUT2D eigenvalue weighted by atomic mass is 19.4. The molecule has 2 aliphatic rings. The summed E-state index contributed by atoms with van der Waals surface area (Å²) in [6.45, 7) is 1.55. The maximum Gasteiger partial charge on any atom is 0.417 e. The van der Waals surface area contributed by atoms with Crippen molar-refractivity contribution in [2.24, 2.45) is 11.3 Å². The first-order valence-electron chi connectivity index (χ1n) is 8.80. The van der Waals surface area contributed by atoms with Crippen molar-refractivity contribution in [2.45, 2.75) is 38.4 Å². The molecule has 2 aromatic heterocycles. The van der Waals surface area contributed by atoms with Gasteiger partial charge in [-0.3, -0.25) is 9.20 Å². The van der Waals surface area contributed by atoms with E-state index in [1.807, 2.05) is 0 Å². The van der Waals surface area contributed by atoms with Crippen LogP contribution in [0.2, 0.25) is 0 Å². The van der Waals surface area contributed by atoms with Gasteiger partial charge in [-0.2, -0.15) is 13.2 Å². The third kappa shape index (κ3) is 2.84. The lowest BCUT2D eigenvalue weighted by molar-refractivity contribution is -0.138. The summed E-state index contributed by atoms with van der Waals surface area (Å²) >= 11 is 0. The lowest BCUT2D eigenvalue weighted by Gasteiger charge is -2.37. The number of carbonyl (C=O) groups excluding carboxylic acids is 1. The van der Waals surface area contributed by atoms with Crippen LogP contribution in [0.1, 0.15) is 37.1 Å². The van der Waals surface area contributed by atoms with E-state index in [4.69, 9.17) is 0 Å². The van der Waals surface area contributed by atoms with E-state index < -0.39 is 17.2 Å². The summed E-state index contributed by atoms with van der Waals surface area (Å²) in [7, 11) is 0. The Hall–Kier alpha value is -2.16. The monoisotopic (exact) mass is 367 g/mol. The summed E-state index contributed by atoms with van der Waals surface area (Å²) in [5, 5.41) is 14.0. The van der Waals surface area contributed by atoms with Gasteiger partial charge in [-0.25, -0.2) is 0 Å². The van der Waals surface area contributed by atoms with Crippen LogP contribution in [0.4, 0.5) is 13.2 Å². The molecule has 2 N–H and O–H groups in total. The van der Waals surface area contributed by atoms with Gasteiger partial charge in [0.2, 0.25) is 5.91 Å². The molecule has 6 nitrogen and oxygen atoms in total. The average molecular weight is 367 g/mol. The van der Waals surface area contributed by atoms with Crippen molar-refractivity contribution in [3.63, 3.8) is 0 Å². The number of nitrogens with zero attached hydrogens (tertiary/aromatic N) is 3. The zero-order chi connectivity index (χ0) is 18.4. The summed E-state index contributed by atoms with van der Waals surface area (Å²) in [4.78, 5) is 12.9. The molecule has 26 heavy (non-hydrogen) atoms. The highest BCUT2D eigenvalue weighted by Gasteiger charge is 2.49. The second kappa shape index (κ2) is 6.22. The van der Waals surface area contributed by atoms with Crippen LogP contribution in [0.5, 0.6) is 0 Å². The van der Waals surface area contributed by atoms with Crippen LogP contribution in [0, 0.1) is 11.3 Å². The van der Waals surface area contributed by atoms with Crippen molar-refractivity contribution >= 4 is 11.6 Å². The molecule has 2 atom stereocenters. The smallest absolute Gasteiger partial charge is 0.348 e. The number of hydrogen-bond acceptors (Lipinski definition) is 4. The standard InChI is InChI=1S/C17H20F3N5O/c18-17(19,20)12-4-5-13-23-24-14(25(13)9-12)8-22-15(26)16-6-2-1-3-11(16)7-21-10-16/h4-5,9,11,21H,1-3,6-8,10H2,(H,22,26)/t11-,16+/m0/s1. The van der Waals surface area contributed by atoms with Crippen molar-refractivity contribution in [1.29, 1.82) is 0 Å². The zero-order valence-corrected chi connectivity index (χ0v) is 14.1. The number of nitrogens with one attached hydrogen (secondary N) is 2. The number of hydrogen-bond donors (Lipinski definition) is 2. The Morgan fingerprint density at radius 1 is 1.35 bits per heavy atom. The third-order valence-electron chi connectivity index (χ3n) is 5.70. The summed E-state index contributed by atoms with van der Waals surface area (Å²) in [6.07, 6.45) is 0.557. The molecule has 1 saturated carbocycles.